The Labute approximate surface area is 150 Å². The van der Waals surface area contributed by atoms with Crippen molar-refractivity contribution in [1.82, 2.24) is 0 Å². The van der Waals surface area contributed by atoms with Crippen LogP contribution in [0, 0.1) is 0 Å². The summed E-state index contributed by atoms with van der Waals surface area (Å²) in [5.74, 6) is 0. The molecule has 1 aliphatic rings. The smallest absolute Gasteiger partial charge is 0.144 e. The largest absolute Gasteiger partial charge is 0.361 e. The summed E-state index contributed by atoms with van der Waals surface area (Å²) in [6, 6.07) is 28.1. The zero-order chi connectivity index (χ0) is 17.5. The van der Waals surface area contributed by atoms with E-state index in [9.17, 15) is 0 Å². The zero-order valence-corrected chi connectivity index (χ0v) is 15.1. The summed E-state index contributed by atoms with van der Waals surface area (Å²) in [4.78, 5) is 0. The fourth-order valence-electron chi connectivity index (χ4n) is 4.40. The quantitative estimate of drug-likeness (QED) is 0.603. The van der Waals surface area contributed by atoms with Crippen molar-refractivity contribution in [2.24, 2.45) is 0 Å². The molecule has 126 valence electrons. The molecule has 1 nitrogen and oxygen atoms in total. The van der Waals surface area contributed by atoms with E-state index in [1.165, 1.54) is 27.8 Å². The summed E-state index contributed by atoms with van der Waals surface area (Å²) in [6.45, 7) is 7.35. The van der Waals surface area contributed by atoms with Gasteiger partial charge in [0.05, 0.1) is 0 Å². The van der Waals surface area contributed by atoms with E-state index in [0.717, 1.165) is 0 Å². The molecule has 0 radical (unpaired) electrons. The first-order chi connectivity index (χ1) is 12.1. The van der Waals surface area contributed by atoms with Gasteiger partial charge in [-0.15, -0.1) is 0 Å². The first-order valence-electron chi connectivity index (χ1n) is 9.02. The fourth-order valence-corrected chi connectivity index (χ4v) is 4.40. The van der Waals surface area contributed by atoms with Crippen LogP contribution >= 0.6 is 0 Å². The average Bonchev–Trinajstić information content (AvgIpc) is 2.66. The van der Waals surface area contributed by atoms with Crippen molar-refractivity contribution in [1.29, 1.82) is 0 Å². The minimum absolute atomic E-state index is 0.0530. The highest BCUT2D eigenvalue weighted by atomic mass is 16.5. The lowest BCUT2D eigenvalue weighted by atomic mass is 9.61. The molecule has 0 heterocycles. The Hall–Kier alpha value is -2.38. The van der Waals surface area contributed by atoms with Gasteiger partial charge >= 0.3 is 0 Å². The summed E-state index contributed by atoms with van der Waals surface area (Å²) in [7, 11) is 0. The topological polar surface area (TPSA) is 9.23 Å². The molecule has 0 atom stereocenters. The van der Waals surface area contributed by atoms with Crippen LogP contribution in [0.3, 0.4) is 0 Å². The average molecular weight is 328 g/mol. The van der Waals surface area contributed by atoms with Gasteiger partial charge in [-0.05, 0) is 34.7 Å². The normalized spacial score (nSPS) is 16.8. The summed E-state index contributed by atoms with van der Waals surface area (Å²) >= 11 is 0. The predicted molar refractivity (Wildman–Crippen MR) is 103 cm³/mol. The third-order valence-corrected chi connectivity index (χ3v) is 5.50. The van der Waals surface area contributed by atoms with Gasteiger partial charge in [-0.3, -0.25) is 0 Å². The molecule has 0 aromatic heterocycles. The molecule has 4 rings (SSSR count). The molecule has 0 N–H and O–H groups in total. The van der Waals surface area contributed by atoms with Gasteiger partial charge in [-0.25, -0.2) is 0 Å². The lowest BCUT2D eigenvalue weighted by Crippen LogP contribution is -2.42. The molecule has 3 aromatic rings. The van der Waals surface area contributed by atoms with Crippen LogP contribution < -0.4 is 0 Å². The Morgan fingerprint density at radius 1 is 0.640 bits per heavy atom. The number of hydrogen-bond donors (Lipinski definition) is 0. The second-order valence-corrected chi connectivity index (χ2v) is 7.20. The summed E-state index contributed by atoms with van der Waals surface area (Å²) < 4.78 is 6.60. The maximum Gasteiger partial charge on any atom is 0.144 e. The van der Waals surface area contributed by atoms with Gasteiger partial charge in [-0.1, -0.05) is 92.7 Å². The Kier molecular flexibility index (Phi) is 3.77. The van der Waals surface area contributed by atoms with E-state index in [1.807, 2.05) is 0 Å². The molecule has 3 aromatic carbocycles. The third kappa shape index (κ3) is 2.19. The molecule has 0 bridgehead atoms. The van der Waals surface area contributed by atoms with Crippen molar-refractivity contribution in [3.05, 3.63) is 107 Å². The van der Waals surface area contributed by atoms with E-state index < -0.39 is 5.60 Å². The Morgan fingerprint density at radius 2 is 1.08 bits per heavy atom. The minimum atomic E-state index is -0.557. The van der Waals surface area contributed by atoms with Crippen molar-refractivity contribution in [2.45, 2.75) is 31.8 Å². The van der Waals surface area contributed by atoms with Crippen LogP contribution in [-0.2, 0) is 15.8 Å². The molecule has 0 spiro atoms. The van der Waals surface area contributed by atoms with Gasteiger partial charge in [0.2, 0.25) is 0 Å². The number of rotatable bonds is 3. The van der Waals surface area contributed by atoms with Crippen molar-refractivity contribution in [3.8, 4) is 0 Å². The Balaban J connectivity index is 2.15. The second-order valence-electron chi connectivity index (χ2n) is 7.20. The molecule has 0 aliphatic heterocycles. The van der Waals surface area contributed by atoms with Gasteiger partial charge < -0.3 is 4.74 Å². The second kappa shape index (κ2) is 5.86. The molecule has 25 heavy (non-hydrogen) atoms. The molecule has 0 amide bonds. The van der Waals surface area contributed by atoms with E-state index in [2.05, 4.69) is 99.6 Å². The van der Waals surface area contributed by atoms with E-state index >= 15 is 0 Å². The first-order valence-corrected chi connectivity index (χ1v) is 9.02. The van der Waals surface area contributed by atoms with Crippen LogP contribution in [0.2, 0.25) is 0 Å². The van der Waals surface area contributed by atoms with Gasteiger partial charge in [0.1, 0.15) is 5.60 Å². The molecule has 0 saturated heterocycles. The van der Waals surface area contributed by atoms with Crippen LogP contribution in [0.1, 0.15) is 48.6 Å². The number of benzene rings is 3. The molecule has 0 saturated carbocycles. The third-order valence-electron chi connectivity index (χ3n) is 5.50. The molecule has 0 fully saturated rings. The van der Waals surface area contributed by atoms with E-state index in [4.69, 9.17) is 4.74 Å². The van der Waals surface area contributed by atoms with Crippen LogP contribution in [0.15, 0.2) is 78.9 Å². The Morgan fingerprint density at radius 3 is 1.56 bits per heavy atom. The predicted octanol–water partition coefficient (Wildman–Crippen LogP) is 5.65. The van der Waals surface area contributed by atoms with Crippen molar-refractivity contribution in [2.75, 3.05) is 6.61 Å². The summed E-state index contributed by atoms with van der Waals surface area (Å²) in [5, 5.41) is 0. The maximum absolute atomic E-state index is 6.60. The van der Waals surface area contributed by atoms with Gasteiger partial charge in [0.25, 0.3) is 0 Å². The van der Waals surface area contributed by atoms with Crippen molar-refractivity contribution < 1.29 is 4.74 Å². The van der Waals surface area contributed by atoms with Gasteiger partial charge in [0, 0.05) is 12.0 Å². The van der Waals surface area contributed by atoms with Gasteiger partial charge in [0.15, 0.2) is 0 Å². The molecular weight excluding hydrogens is 304 g/mol. The monoisotopic (exact) mass is 328 g/mol. The summed E-state index contributed by atoms with van der Waals surface area (Å²) in [5.41, 5.74) is 5.77. The van der Waals surface area contributed by atoms with E-state index in [1.54, 1.807) is 0 Å². The number of ether oxygens (including phenoxy) is 1. The van der Waals surface area contributed by atoms with Crippen LogP contribution in [0.25, 0.3) is 0 Å². The SMILES string of the molecule is CCOC1(c2ccccc2)c2ccccc2C(C)(C)c2ccccc21. The highest BCUT2D eigenvalue weighted by molar-refractivity contribution is 5.62. The van der Waals surface area contributed by atoms with Crippen LogP contribution in [-0.4, -0.2) is 6.61 Å². The number of fused-ring (bicyclic) bond motifs is 2. The Bertz CT molecular complexity index is 843. The minimum Gasteiger partial charge on any atom is -0.361 e. The van der Waals surface area contributed by atoms with E-state index in [-0.39, 0.29) is 5.41 Å². The van der Waals surface area contributed by atoms with Gasteiger partial charge in [-0.2, -0.15) is 0 Å². The fraction of sp³-hybridized carbons (Fsp3) is 0.250. The molecule has 1 aliphatic carbocycles. The molecular formula is C24H24O. The van der Waals surface area contributed by atoms with E-state index in [0.29, 0.717) is 6.61 Å². The van der Waals surface area contributed by atoms with Crippen molar-refractivity contribution in [3.63, 3.8) is 0 Å². The highest BCUT2D eigenvalue weighted by Gasteiger charge is 2.48. The maximum atomic E-state index is 6.60. The van der Waals surface area contributed by atoms with Crippen LogP contribution in [0.4, 0.5) is 0 Å². The molecule has 0 unspecified atom stereocenters. The number of hydrogen-bond acceptors (Lipinski definition) is 1. The zero-order valence-electron chi connectivity index (χ0n) is 15.1. The summed E-state index contributed by atoms with van der Waals surface area (Å²) in [6.07, 6.45) is 0. The van der Waals surface area contributed by atoms with Crippen LogP contribution in [0.5, 0.6) is 0 Å². The molecule has 1 heteroatoms. The highest BCUT2D eigenvalue weighted by Crippen LogP contribution is 2.53. The lowest BCUT2D eigenvalue weighted by molar-refractivity contribution is 0.0166. The first kappa shape index (κ1) is 16.1. The lowest BCUT2D eigenvalue weighted by Gasteiger charge is -2.47. The van der Waals surface area contributed by atoms with Crippen molar-refractivity contribution >= 4 is 0 Å². The standard InChI is InChI=1S/C24H24O/c1-4-25-24(18-12-6-5-7-13-18)21-16-10-8-14-19(21)23(2,3)20-15-9-11-17-22(20)24/h5-17H,4H2,1-3H3.